The number of rotatable bonds is 3. The lowest BCUT2D eigenvalue weighted by Crippen LogP contribution is -2.17. The Morgan fingerprint density at radius 1 is 1.24 bits per heavy atom. The molecule has 25 heavy (non-hydrogen) atoms. The maximum absolute atomic E-state index is 12.7. The number of amides is 1. The molecular formula is C18H20N6O. The minimum absolute atomic E-state index is 0.255. The number of carbonyl (C=O) groups is 1. The van der Waals surface area contributed by atoms with Crippen molar-refractivity contribution in [3.8, 4) is 5.69 Å². The molecule has 1 aliphatic rings. The van der Waals surface area contributed by atoms with Gasteiger partial charge < -0.3 is 5.32 Å². The first-order chi connectivity index (χ1) is 12.0. The first-order valence-corrected chi connectivity index (χ1v) is 8.40. The third-order valence-corrected chi connectivity index (χ3v) is 4.66. The highest BCUT2D eigenvalue weighted by Gasteiger charge is 2.24. The number of hydrogen-bond donors (Lipinski definition) is 1. The van der Waals surface area contributed by atoms with E-state index >= 15 is 0 Å². The molecule has 0 saturated heterocycles. The van der Waals surface area contributed by atoms with Crippen molar-refractivity contribution in [3.63, 3.8) is 0 Å². The van der Waals surface area contributed by atoms with Gasteiger partial charge in [0.15, 0.2) is 5.69 Å². The maximum Gasteiger partial charge on any atom is 0.279 e. The number of aromatic nitrogens is 5. The molecule has 2 heterocycles. The molecule has 0 bridgehead atoms. The molecule has 7 heteroatoms. The summed E-state index contributed by atoms with van der Waals surface area (Å²) in [6.07, 6.45) is 3.01. The van der Waals surface area contributed by atoms with Crippen molar-refractivity contribution in [2.45, 2.75) is 33.1 Å². The van der Waals surface area contributed by atoms with Crippen LogP contribution in [0.4, 0.5) is 5.82 Å². The van der Waals surface area contributed by atoms with Crippen LogP contribution in [0, 0.1) is 13.8 Å². The molecule has 3 aromatic rings. The van der Waals surface area contributed by atoms with Crippen LogP contribution in [-0.2, 0) is 19.9 Å². The fourth-order valence-corrected chi connectivity index (χ4v) is 3.39. The lowest BCUT2D eigenvalue weighted by atomic mass is 10.2. The van der Waals surface area contributed by atoms with Gasteiger partial charge in [0.25, 0.3) is 5.91 Å². The van der Waals surface area contributed by atoms with Crippen LogP contribution in [-0.4, -0.2) is 30.7 Å². The summed E-state index contributed by atoms with van der Waals surface area (Å²) >= 11 is 0. The molecule has 1 N–H and O–H groups in total. The molecule has 0 saturated carbocycles. The second-order valence-corrected chi connectivity index (χ2v) is 6.48. The molecule has 1 amide bonds. The normalized spacial score (nSPS) is 13.1. The van der Waals surface area contributed by atoms with Gasteiger partial charge in [-0.25, -0.2) is 4.68 Å². The standard InChI is InChI=1S/C18H20N6O/c1-11-6-4-7-13(10-11)24-12(2)16(20-22-24)18(25)19-17-14-8-5-9-15(14)21-23(17)3/h4,6-7,10H,5,8-9H2,1-3H3,(H,19,25). The Morgan fingerprint density at radius 2 is 2.08 bits per heavy atom. The minimum atomic E-state index is -0.255. The molecule has 0 unspecified atom stereocenters. The highest BCUT2D eigenvalue weighted by Crippen LogP contribution is 2.28. The molecule has 0 aliphatic heterocycles. The van der Waals surface area contributed by atoms with Gasteiger partial charge in [-0.3, -0.25) is 9.48 Å². The molecule has 0 fully saturated rings. The van der Waals surface area contributed by atoms with E-state index in [-0.39, 0.29) is 5.91 Å². The van der Waals surface area contributed by atoms with E-state index in [0.29, 0.717) is 11.4 Å². The predicted octanol–water partition coefficient (Wildman–Crippen LogP) is 2.36. The lowest BCUT2D eigenvalue weighted by Gasteiger charge is -2.07. The number of nitrogens with zero attached hydrogens (tertiary/aromatic N) is 5. The van der Waals surface area contributed by atoms with Crippen LogP contribution in [0.15, 0.2) is 24.3 Å². The molecule has 128 valence electrons. The Labute approximate surface area is 145 Å². The number of benzene rings is 1. The fraction of sp³-hybridized carbons (Fsp3) is 0.333. The third-order valence-electron chi connectivity index (χ3n) is 4.66. The van der Waals surface area contributed by atoms with Gasteiger partial charge in [-0.2, -0.15) is 5.10 Å². The van der Waals surface area contributed by atoms with E-state index in [4.69, 9.17) is 0 Å². The Bertz CT molecular complexity index is 968. The van der Waals surface area contributed by atoms with E-state index < -0.39 is 0 Å². The van der Waals surface area contributed by atoms with Crippen LogP contribution in [0.5, 0.6) is 0 Å². The first-order valence-electron chi connectivity index (χ1n) is 8.40. The van der Waals surface area contributed by atoms with Gasteiger partial charge in [0, 0.05) is 12.6 Å². The smallest absolute Gasteiger partial charge is 0.279 e. The molecule has 0 radical (unpaired) electrons. The molecular weight excluding hydrogens is 316 g/mol. The zero-order valence-corrected chi connectivity index (χ0v) is 14.6. The monoisotopic (exact) mass is 336 g/mol. The third kappa shape index (κ3) is 2.61. The average molecular weight is 336 g/mol. The molecule has 0 spiro atoms. The van der Waals surface area contributed by atoms with Gasteiger partial charge in [-0.15, -0.1) is 5.10 Å². The molecule has 4 rings (SSSR count). The zero-order valence-electron chi connectivity index (χ0n) is 14.6. The number of carbonyl (C=O) groups excluding carboxylic acids is 1. The van der Waals surface area contributed by atoms with Gasteiger partial charge in [-0.1, -0.05) is 17.3 Å². The van der Waals surface area contributed by atoms with E-state index in [1.807, 2.05) is 45.2 Å². The van der Waals surface area contributed by atoms with Gasteiger partial charge in [0.2, 0.25) is 0 Å². The molecule has 1 aliphatic carbocycles. The summed E-state index contributed by atoms with van der Waals surface area (Å²) in [6.45, 7) is 3.87. The summed E-state index contributed by atoms with van der Waals surface area (Å²) in [4.78, 5) is 12.7. The van der Waals surface area contributed by atoms with Crippen molar-refractivity contribution in [1.82, 2.24) is 24.8 Å². The Balaban J connectivity index is 1.64. The fourth-order valence-electron chi connectivity index (χ4n) is 3.39. The topological polar surface area (TPSA) is 77.6 Å². The van der Waals surface area contributed by atoms with Gasteiger partial charge in [-0.05, 0) is 50.8 Å². The van der Waals surface area contributed by atoms with Gasteiger partial charge in [0.05, 0.1) is 17.1 Å². The van der Waals surface area contributed by atoms with Crippen LogP contribution >= 0.6 is 0 Å². The SMILES string of the molecule is Cc1cccc(-n2nnc(C(=O)Nc3c4c(nn3C)CCC4)c2C)c1. The number of aryl methyl sites for hydroxylation is 3. The Kier molecular flexibility index (Phi) is 3.63. The Hall–Kier alpha value is -2.96. The van der Waals surface area contributed by atoms with Crippen molar-refractivity contribution in [2.75, 3.05) is 5.32 Å². The highest BCUT2D eigenvalue weighted by molar-refractivity contribution is 6.03. The second kappa shape index (κ2) is 5.84. The number of anilines is 1. The molecule has 0 atom stereocenters. The number of nitrogens with one attached hydrogen (secondary N) is 1. The van der Waals surface area contributed by atoms with Crippen molar-refractivity contribution < 1.29 is 4.79 Å². The average Bonchev–Trinajstić information content (AvgIpc) is 3.25. The number of fused-ring (bicyclic) bond motifs is 1. The van der Waals surface area contributed by atoms with E-state index in [1.165, 1.54) is 0 Å². The van der Waals surface area contributed by atoms with Gasteiger partial charge >= 0.3 is 0 Å². The highest BCUT2D eigenvalue weighted by atomic mass is 16.2. The second-order valence-electron chi connectivity index (χ2n) is 6.48. The quantitative estimate of drug-likeness (QED) is 0.796. The van der Waals surface area contributed by atoms with E-state index in [9.17, 15) is 4.79 Å². The first kappa shape index (κ1) is 15.6. The van der Waals surface area contributed by atoms with Crippen molar-refractivity contribution in [2.24, 2.45) is 7.05 Å². The maximum atomic E-state index is 12.7. The summed E-state index contributed by atoms with van der Waals surface area (Å²) < 4.78 is 3.43. The summed E-state index contributed by atoms with van der Waals surface area (Å²) in [5.74, 6) is 0.510. The van der Waals surface area contributed by atoms with Crippen LogP contribution in [0.1, 0.15) is 39.4 Å². The largest absolute Gasteiger partial charge is 0.305 e. The molecule has 2 aromatic heterocycles. The van der Waals surface area contributed by atoms with Gasteiger partial charge in [0.1, 0.15) is 5.82 Å². The summed E-state index contributed by atoms with van der Waals surface area (Å²) in [5, 5.41) is 15.7. The van der Waals surface area contributed by atoms with E-state index in [0.717, 1.165) is 47.6 Å². The summed E-state index contributed by atoms with van der Waals surface area (Å²) in [7, 11) is 1.85. The minimum Gasteiger partial charge on any atom is -0.305 e. The molecule has 7 nitrogen and oxygen atoms in total. The van der Waals surface area contributed by atoms with Crippen LogP contribution in [0.25, 0.3) is 5.69 Å². The van der Waals surface area contributed by atoms with Crippen LogP contribution in [0.3, 0.4) is 0 Å². The van der Waals surface area contributed by atoms with Crippen molar-refractivity contribution >= 4 is 11.7 Å². The predicted molar refractivity (Wildman–Crippen MR) is 94.0 cm³/mol. The zero-order chi connectivity index (χ0) is 17.6. The Morgan fingerprint density at radius 3 is 2.88 bits per heavy atom. The number of hydrogen-bond acceptors (Lipinski definition) is 4. The van der Waals surface area contributed by atoms with Crippen LogP contribution < -0.4 is 5.32 Å². The molecule has 1 aromatic carbocycles. The lowest BCUT2D eigenvalue weighted by molar-refractivity contribution is 0.102. The van der Waals surface area contributed by atoms with Crippen molar-refractivity contribution in [1.29, 1.82) is 0 Å². The van der Waals surface area contributed by atoms with Crippen LogP contribution in [0.2, 0.25) is 0 Å². The van der Waals surface area contributed by atoms with E-state index in [2.05, 4.69) is 20.7 Å². The van der Waals surface area contributed by atoms with E-state index in [1.54, 1.807) is 9.36 Å². The summed E-state index contributed by atoms with van der Waals surface area (Å²) in [6, 6.07) is 7.94. The van der Waals surface area contributed by atoms with Crippen molar-refractivity contribution in [3.05, 3.63) is 52.5 Å². The summed E-state index contributed by atoms with van der Waals surface area (Å²) in [5.41, 5.74) is 5.28.